The van der Waals surface area contributed by atoms with Crippen LogP contribution in [0.2, 0.25) is 0 Å². The van der Waals surface area contributed by atoms with Crippen molar-refractivity contribution in [1.29, 1.82) is 0 Å². The number of hydrogen-bond acceptors (Lipinski definition) is 2. The number of fused-ring (bicyclic) bond motifs is 1. The lowest BCUT2D eigenvalue weighted by molar-refractivity contribution is -0.127. The van der Waals surface area contributed by atoms with E-state index in [2.05, 4.69) is 5.32 Å². The summed E-state index contributed by atoms with van der Waals surface area (Å²) in [6.45, 7) is 0. The normalized spacial score (nSPS) is 11.9. The van der Waals surface area contributed by atoms with Gasteiger partial charge in [-0.1, -0.05) is 48.5 Å². The summed E-state index contributed by atoms with van der Waals surface area (Å²) in [5, 5.41) is 4.60. The highest BCUT2D eigenvalue weighted by Crippen LogP contribution is 2.17. The molecule has 0 spiro atoms. The standard InChI is InChI=1S/C21H18F2N2O2/c22-17-8-7-16(18(23)12-17)11-20(26)25-19(21(24)27)10-13-5-6-14-3-1-2-4-15(14)9-13/h1-9,12,19H,10-11H2,(H2,24,27)(H,25,26)/t19-/m1/s1. The van der Waals surface area contributed by atoms with Crippen molar-refractivity contribution in [2.24, 2.45) is 5.73 Å². The predicted octanol–water partition coefficient (Wildman–Crippen LogP) is 2.87. The van der Waals surface area contributed by atoms with Crippen LogP contribution in [0.3, 0.4) is 0 Å². The lowest BCUT2D eigenvalue weighted by atomic mass is 10.0. The van der Waals surface area contributed by atoms with E-state index in [1.807, 2.05) is 42.5 Å². The van der Waals surface area contributed by atoms with Gasteiger partial charge >= 0.3 is 0 Å². The minimum atomic E-state index is -0.929. The van der Waals surface area contributed by atoms with Gasteiger partial charge in [0.1, 0.15) is 17.7 Å². The van der Waals surface area contributed by atoms with Crippen LogP contribution >= 0.6 is 0 Å². The molecule has 0 saturated carbocycles. The van der Waals surface area contributed by atoms with Crippen LogP contribution in [-0.4, -0.2) is 17.9 Å². The van der Waals surface area contributed by atoms with Gasteiger partial charge in [0, 0.05) is 12.5 Å². The molecule has 0 aliphatic carbocycles. The number of nitrogens with two attached hydrogens (primary N) is 1. The Kier molecular flexibility index (Phi) is 5.45. The second-order valence-corrected chi connectivity index (χ2v) is 6.32. The topological polar surface area (TPSA) is 72.2 Å². The molecule has 3 N–H and O–H groups in total. The molecule has 138 valence electrons. The molecule has 4 nitrogen and oxygen atoms in total. The van der Waals surface area contributed by atoms with Gasteiger partial charge in [0.15, 0.2) is 0 Å². The van der Waals surface area contributed by atoms with E-state index < -0.39 is 29.5 Å². The third-order valence-corrected chi connectivity index (χ3v) is 4.30. The van der Waals surface area contributed by atoms with Gasteiger partial charge in [-0.25, -0.2) is 8.78 Å². The van der Waals surface area contributed by atoms with Gasteiger partial charge in [0.25, 0.3) is 0 Å². The van der Waals surface area contributed by atoms with E-state index in [4.69, 9.17) is 5.73 Å². The van der Waals surface area contributed by atoms with E-state index >= 15 is 0 Å². The number of hydrogen-bond donors (Lipinski definition) is 2. The molecule has 3 rings (SSSR count). The SMILES string of the molecule is NC(=O)[C@@H](Cc1ccc2ccccc2c1)NC(=O)Cc1ccc(F)cc1F. The molecule has 6 heteroatoms. The van der Waals surface area contributed by atoms with Crippen LogP contribution < -0.4 is 11.1 Å². The second kappa shape index (κ2) is 7.95. The van der Waals surface area contributed by atoms with Crippen LogP contribution in [-0.2, 0) is 22.4 Å². The lowest BCUT2D eigenvalue weighted by Gasteiger charge is -2.16. The second-order valence-electron chi connectivity index (χ2n) is 6.32. The first-order chi connectivity index (χ1) is 12.9. The molecule has 0 heterocycles. The van der Waals surface area contributed by atoms with E-state index in [1.165, 1.54) is 6.07 Å². The van der Waals surface area contributed by atoms with E-state index in [1.54, 1.807) is 0 Å². The highest BCUT2D eigenvalue weighted by atomic mass is 19.1. The van der Waals surface area contributed by atoms with E-state index in [-0.39, 0.29) is 18.4 Å². The van der Waals surface area contributed by atoms with E-state index in [0.29, 0.717) is 6.07 Å². The van der Waals surface area contributed by atoms with Crippen molar-refractivity contribution in [3.8, 4) is 0 Å². The molecule has 0 aromatic heterocycles. The Bertz CT molecular complexity index is 1000. The van der Waals surface area contributed by atoms with Crippen molar-refractivity contribution in [2.45, 2.75) is 18.9 Å². The summed E-state index contributed by atoms with van der Waals surface area (Å²) in [6, 6.07) is 15.6. The van der Waals surface area contributed by atoms with Crippen LogP contribution in [0.5, 0.6) is 0 Å². The van der Waals surface area contributed by atoms with Crippen molar-refractivity contribution in [2.75, 3.05) is 0 Å². The fraction of sp³-hybridized carbons (Fsp3) is 0.143. The van der Waals surface area contributed by atoms with Crippen molar-refractivity contribution < 1.29 is 18.4 Å². The third kappa shape index (κ3) is 4.67. The largest absolute Gasteiger partial charge is 0.368 e. The number of rotatable bonds is 6. The Hall–Kier alpha value is -3.28. The Balaban J connectivity index is 1.71. The summed E-state index contributed by atoms with van der Waals surface area (Å²) in [7, 11) is 0. The summed E-state index contributed by atoms with van der Waals surface area (Å²) >= 11 is 0. The monoisotopic (exact) mass is 368 g/mol. The van der Waals surface area contributed by atoms with Crippen LogP contribution in [0.15, 0.2) is 60.7 Å². The highest BCUT2D eigenvalue weighted by molar-refractivity contribution is 5.88. The molecule has 0 fully saturated rings. The summed E-state index contributed by atoms with van der Waals surface area (Å²) in [5.74, 6) is -2.78. The minimum Gasteiger partial charge on any atom is -0.368 e. The summed E-state index contributed by atoms with van der Waals surface area (Å²) < 4.78 is 26.6. The van der Waals surface area contributed by atoms with Gasteiger partial charge in [-0.15, -0.1) is 0 Å². The summed E-state index contributed by atoms with van der Waals surface area (Å²) in [4.78, 5) is 23.9. The number of amides is 2. The summed E-state index contributed by atoms with van der Waals surface area (Å²) in [6.07, 6.45) is -0.0918. The van der Waals surface area contributed by atoms with Gasteiger partial charge in [0.2, 0.25) is 11.8 Å². The number of nitrogens with one attached hydrogen (secondary N) is 1. The minimum absolute atomic E-state index is 0.0443. The van der Waals surface area contributed by atoms with Crippen molar-refractivity contribution >= 4 is 22.6 Å². The lowest BCUT2D eigenvalue weighted by Crippen LogP contribution is -2.46. The first-order valence-electron chi connectivity index (χ1n) is 8.42. The number of carbonyl (C=O) groups excluding carboxylic acids is 2. The molecule has 3 aromatic rings. The fourth-order valence-electron chi connectivity index (χ4n) is 2.91. The fourth-order valence-corrected chi connectivity index (χ4v) is 2.91. The van der Waals surface area contributed by atoms with Crippen LogP contribution in [0, 0.1) is 11.6 Å². The average molecular weight is 368 g/mol. The summed E-state index contributed by atoms with van der Waals surface area (Å²) in [5.41, 5.74) is 6.29. The smallest absolute Gasteiger partial charge is 0.240 e. The molecule has 0 aliphatic rings. The van der Waals surface area contributed by atoms with Crippen LogP contribution in [0.1, 0.15) is 11.1 Å². The van der Waals surface area contributed by atoms with Gasteiger partial charge in [-0.3, -0.25) is 9.59 Å². The van der Waals surface area contributed by atoms with E-state index in [9.17, 15) is 18.4 Å². The maximum atomic E-state index is 13.7. The van der Waals surface area contributed by atoms with E-state index in [0.717, 1.165) is 22.4 Å². The zero-order valence-corrected chi connectivity index (χ0v) is 14.4. The molecule has 0 radical (unpaired) electrons. The molecule has 3 aromatic carbocycles. The van der Waals surface area contributed by atoms with Gasteiger partial charge in [-0.05, 0) is 28.0 Å². The van der Waals surface area contributed by atoms with Crippen molar-refractivity contribution in [1.82, 2.24) is 5.32 Å². The van der Waals surface area contributed by atoms with Crippen molar-refractivity contribution in [3.63, 3.8) is 0 Å². The Morgan fingerprint density at radius 3 is 2.41 bits per heavy atom. The third-order valence-electron chi connectivity index (χ3n) is 4.30. The predicted molar refractivity (Wildman–Crippen MR) is 98.8 cm³/mol. The Labute approximate surface area is 155 Å². The number of primary amides is 1. The van der Waals surface area contributed by atoms with Crippen LogP contribution in [0.25, 0.3) is 10.8 Å². The number of halogens is 2. The molecule has 27 heavy (non-hydrogen) atoms. The van der Waals surface area contributed by atoms with Crippen LogP contribution in [0.4, 0.5) is 8.78 Å². The van der Waals surface area contributed by atoms with Crippen molar-refractivity contribution in [3.05, 3.63) is 83.4 Å². The first-order valence-corrected chi connectivity index (χ1v) is 8.42. The molecule has 0 bridgehead atoms. The molecular formula is C21H18F2N2O2. The number of carbonyl (C=O) groups is 2. The molecule has 2 amide bonds. The molecular weight excluding hydrogens is 350 g/mol. The molecule has 0 aliphatic heterocycles. The Morgan fingerprint density at radius 1 is 0.963 bits per heavy atom. The zero-order chi connectivity index (χ0) is 19.4. The molecule has 0 saturated heterocycles. The number of benzene rings is 3. The first kappa shape index (κ1) is 18.5. The van der Waals surface area contributed by atoms with Gasteiger partial charge in [-0.2, -0.15) is 0 Å². The maximum absolute atomic E-state index is 13.7. The molecule has 0 unspecified atom stereocenters. The average Bonchev–Trinajstić information content (AvgIpc) is 2.63. The highest BCUT2D eigenvalue weighted by Gasteiger charge is 2.20. The quantitative estimate of drug-likeness (QED) is 0.702. The van der Waals surface area contributed by atoms with Gasteiger partial charge < -0.3 is 11.1 Å². The molecule has 1 atom stereocenters. The zero-order valence-electron chi connectivity index (χ0n) is 14.4. The van der Waals surface area contributed by atoms with Gasteiger partial charge in [0.05, 0.1) is 6.42 Å². The Morgan fingerprint density at radius 2 is 1.70 bits per heavy atom. The maximum Gasteiger partial charge on any atom is 0.240 e.